The summed E-state index contributed by atoms with van der Waals surface area (Å²) in [5.74, 6) is 0.513. The molecule has 0 amide bonds. The van der Waals surface area contributed by atoms with Gasteiger partial charge in [-0.1, -0.05) is 79.3 Å². The Morgan fingerprint density at radius 2 is 1.89 bits per heavy atom. The number of nitrogen functional groups attached to an aromatic ring is 1. The first kappa shape index (κ1) is 24.9. The number of nitrogens with one attached hydrogen (secondary N) is 3. The Bertz CT molecular complexity index is 1390. The number of para-hydroxylation sites is 1. The van der Waals surface area contributed by atoms with Crippen molar-refractivity contribution >= 4 is 28.0 Å². The van der Waals surface area contributed by atoms with Gasteiger partial charge in [0.1, 0.15) is 5.82 Å². The number of fused-ring (bicyclic) bond motifs is 1. The number of nitrogens with two attached hydrogens (primary N) is 1. The van der Waals surface area contributed by atoms with Crippen LogP contribution in [0, 0.1) is 11.3 Å². The Balaban J connectivity index is 1.60. The fraction of sp³-hybridized carbons (Fsp3) is 0.161. The molecule has 0 radical (unpaired) electrons. The first-order chi connectivity index (χ1) is 17.4. The second-order valence-electron chi connectivity index (χ2n) is 9.10. The summed E-state index contributed by atoms with van der Waals surface area (Å²) < 4.78 is 0. The van der Waals surface area contributed by atoms with Crippen LogP contribution in [0.25, 0.3) is 16.5 Å². The van der Waals surface area contributed by atoms with Crippen LogP contribution in [0.4, 0.5) is 5.82 Å². The molecule has 0 saturated heterocycles. The fourth-order valence-corrected chi connectivity index (χ4v) is 4.08. The maximum atomic E-state index is 8.86. The Morgan fingerprint density at radius 1 is 1.14 bits per heavy atom. The molecule has 0 aliphatic carbocycles. The number of aromatic amines is 1. The van der Waals surface area contributed by atoms with Crippen molar-refractivity contribution in [2.24, 2.45) is 5.92 Å². The molecule has 0 aliphatic rings. The highest BCUT2D eigenvalue weighted by Gasteiger charge is 2.14. The molecule has 0 fully saturated rings. The van der Waals surface area contributed by atoms with E-state index in [9.17, 15) is 0 Å². The number of benzene rings is 2. The number of nitrogens with zero attached hydrogens (tertiary/aromatic N) is 1. The van der Waals surface area contributed by atoms with E-state index in [0.717, 1.165) is 35.1 Å². The summed E-state index contributed by atoms with van der Waals surface area (Å²) in [7, 11) is 0. The number of anilines is 1. The van der Waals surface area contributed by atoms with Crippen LogP contribution in [0.3, 0.4) is 0 Å². The third-order valence-electron chi connectivity index (χ3n) is 6.11. The first-order valence-electron chi connectivity index (χ1n) is 12.1. The standard InChI is InChI=1S/C31H33N5/c1-4-21(2)14-25(15-22(3)18-34-19-23-10-6-5-7-11-23)26-16-27(31(33)35-20-26)30(32)29-17-24-12-8-9-13-28(24)36-29/h4-17,20-21,32,34,36H,1,18-19H2,2-3H3,(H2,33,35)/b22-15+,25-14+,32-30?/t21-/m0/s1. The van der Waals surface area contributed by atoms with E-state index in [1.54, 1.807) is 6.20 Å². The minimum atomic E-state index is 0.176. The van der Waals surface area contributed by atoms with E-state index in [1.165, 1.54) is 11.1 Å². The fourth-order valence-electron chi connectivity index (χ4n) is 4.08. The van der Waals surface area contributed by atoms with E-state index in [1.807, 2.05) is 48.5 Å². The zero-order valence-electron chi connectivity index (χ0n) is 20.9. The molecule has 4 rings (SSSR count). The number of aromatic nitrogens is 2. The Kier molecular flexibility index (Phi) is 7.93. The van der Waals surface area contributed by atoms with Crippen molar-refractivity contribution in [3.8, 4) is 0 Å². The van der Waals surface area contributed by atoms with Crippen molar-refractivity contribution in [3.05, 3.63) is 126 Å². The van der Waals surface area contributed by atoms with Crippen LogP contribution >= 0.6 is 0 Å². The molecule has 2 aromatic heterocycles. The molecular formula is C31H33N5. The normalized spacial score (nSPS) is 13.1. The van der Waals surface area contributed by atoms with Crippen LogP contribution < -0.4 is 11.1 Å². The van der Waals surface area contributed by atoms with Crippen molar-refractivity contribution in [3.63, 3.8) is 0 Å². The molecule has 0 saturated carbocycles. The van der Waals surface area contributed by atoms with Crippen LogP contribution in [0.1, 0.15) is 36.2 Å². The van der Waals surface area contributed by atoms with Gasteiger partial charge in [-0.25, -0.2) is 4.98 Å². The zero-order chi connectivity index (χ0) is 25.5. The molecule has 5 N–H and O–H groups in total. The summed E-state index contributed by atoms with van der Waals surface area (Å²) in [6.07, 6.45) is 8.02. The van der Waals surface area contributed by atoms with Gasteiger partial charge in [-0.15, -0.1) is 6.58 Å². The Morgan fingerprint density at radius 3 is 2.64 bits per heavy atom. The molecule has 36 heavy (non-hydrogen) atoms. The molecule has 2 aromatic carbocycles. The third kappa shape index (κ3) is 6.06. The molecule has 5 nitrogen and oxygen atoms in total. The number of allylic oxidation sites excluding steroid dienone is 4. The van der Waals surface area contributed by atoms with Gasteiger partial charge >= 0.3 is 0 Å². The largest absolute Gasteiger partial charge is 0.383 e. The van der Waals surface area contributed by atoms with Gasteiger partial charge in [-0.05, 0) is 42.2 Å². The second kappa shape index (κ2) is 11.5. The monoisotopic (exact) mass is 475 g/mol. The summed E-state index contributed by atoms with van der Waals surface area (Å²) >= 11 is 0. The van der Waals surface area contributed by atoms with Crippen molar-refractivity contribution in [2.75, 3.05) is 12.3 Å². The van der Waals surface area contributed by atoms with Gasteiger partial charge in [-0.3, -0.25) is 5.41 Å². The molecule has 0 spiro atoms. The van der Waals surface area contributed by atoms with Gasteiger partial charge in [-0.2, -0.15) is 0 Å². The number of H-pyrrole nitrogens is 1. The second-order valence-corrected chi connectivity index (χ2v) is 9.10. The van der Waals surface area contributed by atoms with E-state index in [0.29, 0.717) is 22.8 Å². The van der Waals surface area contributed by atoms with E-state index in [-0.39, 0.29) is 5.92 Å². The summed E-state index contributed by atoms with van der Waals surface area (Å²) in [4.78, 5) is 7.78. The van der Waals surface area contributed by atoms with E-state index >= 15 is 0 Å². The van der Waals surface area contributed by atoms with Gasteiger partial charge < -0.3 is 16.0 Å². The average Bonchev–Trinajstić information content (AvgIpc) is 3.33. The van der Waals surface area contributed by atoms with Gasteiger partial charge in [0.25, 0.3) is 0 Å². The van der Waals surface area contributed by atoms with E-state index in [2.05, 4.69) is 72.1 Å². The molecule has 0 aliphatic heterocycles. The van der Waals surface area contributed by atoms with Crippen molar-refractivity contribution in [1.29, 1.82) is 5.41 Å². The van der Waals surface area contributed by atoms with Crippen molar-refractivity contribution in [1.82, 2.24) is 15.3 Å². The number of pyridine rings is 1. The summed E-state index contributed by atoms with van der Waals surface area (Å²) in [5.41, 5.74) is 13.3. The van der Waals surface area contributed by atoms with E-state index in [4.69, 9.17) is 11.1 Å². The summed E-state index contributed by atoms with van der Waals surface area (Å²) in [6, 6.07) is 22.3. The molecule has 1 atom stereocenters. The Hall–Kier alpha value is -4.22. The lowest BCUT2D eigenvalue weighted by Gasteiger charge is -2.12. The molecule has 0 bridgehead atoms. The van der Waals surface area contributed by atoms with Crippen LogP contribution in [0.2, 0.25) is 0 Å². The SMILES string of the molecule is C=C[C@H](C)/C=C(\C=C(/C)CNCc1ccccc1)c1cnc(N)c(C(=N)c2cc3ccccc3[nH]2)c1. The van der Waals surface area contributed by atoms with Crippen molar-refractivity contribution in [2.45, 2.75) is 20.4 Å². The molecule has 182 valence electrons. The van der Waals surface area contributed by atoms with Gasteiger partial charge in [0.15, 0.2) is 0 Å². The number of hydrogen-bond acceptors (Lipinski definition) is 4. The quantitative estimate of drug-likeness (QED) is 0.120. The molecule has 0 unspecified atom stereocenters. The summed E-state index contributed by atoms with van der Waals surface area (Å²) in [6.45, 7) is 9.72. The first-order valence-corrected chi connectivity index (χ1v) is 12.1. The molecule has 2 heterocycles. The highest BCUT2D eigenvalue weighted by atomic mass is 14.8. The highest BCUT2D eigenvalue weighted by molar-refractivity contribution is 6.14. The molecular weight excluding hydrogens is 442 g/mol. The zero-order valence-corrected chi connectivity index (χ0v) is 20.9. The van der Waals surface area contributed by atoms with Gasteiger partial charge in [0.2, 0.25) is 0 Å². The lowest BCUT2D eigenvalue weighted by Crippen LogP contribution is -2.15. The predicted molar refractivity (Wildman–Crippen MR) is 152 cm³/mol. The lowest BCUT2D eigenvalue weighted by molar-refractivity contribution is 0.740. The summed E-state index contributed by atoms with van der Waals surface area (Å²) in [5, 5.41) is 13.4. The number of rotatable bonds is 10. The third-order valence-corrected chi connectivity index (χ3v) is 6.11. The van der Waals surface area contributed by atoms with E-state index < -0.39 is 0 Å². The topological polar surface area (TPSA) is 90.6 Å². The lowest BCUT2D eigenvalue weighted by atomic mass is 9.97. The van der Waals surface area contributed by atoms with Crippen LogP contribution in [0.5, 0.6) is 0 Å². The smallest absolute Gasteiger partial charge is 0.132 e. The molecule has 4 aromatic rings. The van der Waals surface area contributed by atoms with Gasteiger partial charge in [0, 0.05) is 41.3 Å². The van der Waals surface area contributed by atoms with Crippen LogP contribution in [-0.4, -0.2) is 22.2 Å². The minimum absolute atomic E-state index is 0.176. The van der Waals surface area contributed by atoms with Gasteiger partial charge in [0.05, 0.1) is 11.4 Å². The predicted octanol–water partition coefficient (Wildman–Crippen LogP) is 6.50. The highest BCUT2D eigenvalue weighted by Crippen LogP contribution is 2.25. The average molecular weight is 476 g/mol. The maximum Gasteiger partial charge on any atom is 0.132 e. The Labute approximate surface area is 213 Å². The van der Waals surface area contributed by atoms with Crippen molar-refractivity contribution < 1.29 is 0 Å². The maximum absolute atomic E-state index is 8.86. The van der Waals surface area contributed by atoms with Crippen LogP contribution in [-0.2, 0) is 6.54 Å². The minimum Gasteiger partial charge on any atom is -0.383 e. The van der Waals surface area contributed by atoms with Crippen LogP contribution in [0.15, 0.2) is 103 Å². The number of hydrogen-bond donors (Lipinski definition) is 4. The molecule has 5 heteroatoms.